The molecule has 1 amide bonds. The topological polar surface area (TPSA) is 66.0 Å². The number of ether oxygens (including phenoxy) is 1. The van der Waals surface area contributed by atoms with Gasteiger partial charge >= 0.3 is 6.18 Å². The minimum absolute atomic E-state index is 0. The molecule has 6 nitrogen and oxygen atoms in total. The summed E-state index contributed by atoms with van der Waals surface area (Å²) in [5, 5.41) is 6.33. The van der Waals surface area contributed by atoms with Gasteiger partial charge in [-0.15, -0.1) is 24.0 Å². The van der Waals surface area contributed by atoms with Gasteiger partial charge in [0.15, 0.2) is 12.6 Å². The summed E-state index contributed by atoms with van der Waals surface area (Å²) in [6.45, 7) is 2.08. The van der Waals surface area contributed by atoms with E-state index in [4.69, 9.17) is 4.74 Å². The number of guanidine groups is 1. The Morgan fingerprint density at radius 3 is 2.71 bits per heavy atom. The number of halogens is 4. The van der Waals surface area contributed by atoms with Crippen LogP contribution in [0.2, 0.25) is 0 Å². The van der Waals surface area contributed by atoms with E-state index in [1.54, 1.807) is 25.2 Å². The molecule has 1 atom stereocenters. The number of nitrogens with zero attached hydrogens (tertiary/aromatic N) is 2. The smallest absolute Gasteiger partial charge is 0.422 e. The molecular weight excluding hydrogens is 488 g/mol. The molecule has 2 N–H and O–H groups in total. The second-order valence-corrected chi connectivity index (χ2v) is 6.26. The third kappa shape index (κ3) is 7.72. The third-order valence-corrected chi connectivity index (χ3v) is 4.22. The molecule has 1 aliphatic heterocycles. The van der Waals surface area contributed by atoms with Crippen molar-refractivity contribution in [3.8, 4) is 5.75 Å². The van der Waals surface area contributed by atoms with Crippen LogP contribution in [-0.4, -0.2) is 55.7 Å². The predicted octanol–water partition coefficient (Wildman–Crippen LogP) is 2.92. The molecular formula is C18H26F3IN4O2. The highest BCUT2D eigenvalue weighted by atomic mass is 127. The van der Waals surface area contributed by atoms with E-state index in [-0.39, 0.29) is 48.2 Å². The van der Waals surface area contributed by atoms with Gasteiger partial charge in [0.1, 0.15) is 5.75 Å². The number of para-hydroxylation sites is 1. The quantitative estimate of drug-likeness (QED) is 0.348. The molecule has 1 heterocycles. The van der Waals surface area contributed by atoms with Crippen molar-refractivity contribution in [2.24, 2.45) is 4.99 Å². The maximum atomic E-state index is 12.4. The molecule has 10 heteroatoms. The average Bonchev–Trinajstić information content (AvgIpc) is 3.11. The Hall–Kier alpha value is -1.72. The van der Waals surface area contributed by atoms with Crippen LogP contribution in [-0.2, 0) is 11.3 Å². The van der Waals surface area contributed by atoms with Crippen molar-refractivity contribution in [3.05, 3.63) is 29.8 Å². The van der Waals surface area contributed by atoms with Crippen LogP contribution in [0.15, 0.2) is 29.3 Å². The summed E-state index contributed by atoms with van der Waals surface area (Å²) in [6, 6.07) is 6.65. The lowest BCUT2D eigenvalue weighted by molar-refractivity contribution is -0.153. The number of hydrogen-bond acceptors (Lipinski definition) is 3. The number of hydrogen-bond donors (Lipinski definition) is 2. The monoisotopic (exact) mass is 514 g/mol. The molecule has 1 aromatic carbocycles. The number of alkyl halides is 3. The molecule has 0 aromatic heterocycles. The van der Waals surface area contributed by atoms with E-state index >= 15 is 0 Å². The molecule has 1 aliphatic rings. The number of benzene rings is 1. The van der Waals surface area contributed by atoms with Crippen molar-refractivity contribution in [1.82, 2.24) is 15.5 Å². The maximum absolute atomic E-state index is 12.4. The summed E-state index contributed by atoms with van der Waals surface area (Å²) in [7, 11) is 1.62. The Bertz CT molecular complexity index is 670. The molecule has 0 saturated carbocycles. The fraction of sp³-hybridized carbons (Fsp3) is 0.556. The van der Waals surface area contributed by atoms with Crippen molar-refractivity contribution in [3.63, 3.8) is 0 Å². The summed E-state index contributed by atoms with van der Waals surface area (Å²) in [5.41, 5.74) is 0.596. The van der Waals surface area contributed by atoms with Gasteiger partial charge in [0.25, 0.3) is 0 Å². The van der Waals surface area contributed by atoms with Crippen molar-refractivity contribution in [2.75, 3.05) is 26.7 Å². The highest BCUT2D eigenvalue weighted by Gasteiger charge is 2.29. The van der Waals surface area contributed by atoms with Crippen LogP contribution < -0.4 is 15.4 Å². The Labute approximate surface area is 179 Å². The lowest BCUT2D eigenvalue weighted by Gasteiger charge is -2.19. The predicted molar refractivity (Wildman–Crippen MR) is 112 cm³/mol. The van der Waals surface area contributed by atoms with Crippen LogP contribution in [0.1, 0.15) is 25.3 Å². The van der Waals surface area contributed by atoms with Gasteiger partial charge in [0.05, 0.1) is 0 Å². The van der Waals surface area contributed by atoms with Crippen LogP contribution in [0.3, 0.4) is 0 Å². The van der Waals surface area contributed by atoms with Gasteiger partial charge in [-0.3, -0.25) is 9.79 Å². The standard InChI is InChI=1S/C18H25F3N4O2.HI/c1-3-16(26)25-9-8-14(11-25)24-17(22-2)23-10-13-6-4-5-7-15(13)27-12-18(19,20)21;/h4-7,14H,3,8-12H2,1-2H3,(H2,22,23,24);1H. The summed E-state index contributed by atoms with van der Waals surface area (Å²) in [4.78, 5) is 17.7. The Balaban J connectivity index is 0.00000392. The van der Waals surface area contributed by atoms with E-state index in [9.17, 15) is 18.0 Å². The molecule has 1 unspecified atom stereocenters. The summed E-state index contributed by atoms with van der Waals surface area (Å²) < 4.78 is 42.0. The number of carbonyl (C=O) groups is 1. The van der Waals surface area contributed by atoms with Crippen molar-refractivity contribution in [2.45, 2.75) is 38.5 Å². The van der Waals surface area contributed by atoms with E-state index < -0.39 is 12.8 Å². The van der Waals surface area contributed by atoms with Crippen LogP contribution in [0.5, 0.6) is 5.75 Å². The van der Waals surface area contributed by atoms with E-state index in [1.807, 2.05) is 11.8 Å². The average molecular weight is 514 g/mol. The molecule has 1 saturated heterocycles. The van der Waals surface area contributed by atoms with E-state index in [1.165, 1.54) is 6.07 Å². The van der Waals surface area contributed by atoms with Crippen molar-refractivity contribution in [1.29, 1.82) is 0 Å². The Morgan fingerprint density at radius 1 is 1.36 bits per heavy atom. The minimum atomic E-state index is -4.39. The number of rotatable bonds is 6. The van der Waals surface area contributed by atoms with E-state index in [0.29, 0.717) is 31.0 Å². The molecule has 1 aromatic rings. The summed E-state index contributed by atoms with van der Waals surface area (Å²) in [5.74, 6) is 0.827. The van der Waals surface area contributed by atoms with E-state index in [0.717, 1.165) is 6.42 Å². The number of nitrogens with one attached hydrogen (secondary N) is 2. The van der Waals surface area contributed by atoms with Crippen molar-refractivity contribution >= 4 is 35.8 Å². The van der Waals surface area contributed by atoms with Crippen LogP contribution in [0, 0.1) is 0 Å². The lowest BCUT2D eigenvalue weighted by atomic mass is 10.2. The first-order chi connectivity index (χ1) is 12.8. The van der Waals surface area contributed by atoms with Crippen LogP contribution in [0.4, 0.5) is 13.2 Å². The molecule has 0 spiro atoms. The SMILES string of the molecule is CCC(=O)N1CCC(NC(=NC)NCc2ccccc2OCC(F)(F)F)C1.I. The van der Waals surface area contributed by atoms with Gasteiger partial charge in [-0.25, -0.2) is 0 Å². The third-order valence-electron chi connectivity index (χ3n) is 4.22. The van der Waals surface area contributed by atoms with Crippen LogP contribution >= 0.6 is 24.0 Å². The van der Waals surface area contributed by atoms with E-state index in [2.05, 4.69) is 15.6 Å². The Kier molecular flexibility index (Phi) is 9.83. The Morgan fingerprint density at radius 2 is 2.07 bits per heavy atom. The largest absolute Gasteiger partial charge is 0.484 e. The number of aliphatic imine (C=N–C) groups is 1. The number of carbonyl (C=O) groups excluding carboxylic acids is 1. The van der Waals surface area contributed by atoms with Crippen LogP contribution in [0.25, 0.3) is 0 Å². The van der Waals surface area contributed by atoms with Gasteiger partial charge < -0.3 is 20.3 Å². The molecule has 0 radical (unpaired) electrons. The fourth-order valence-corrected chi connectivity index (χ4v) is 2.85. The zero-order valence-electron chi connectivity index (χ0n) is 15.9. The first kappa shape index (κ1) is 24.3. The molecule has 1 fully saturated rings. The van der Waals surface area contributed by atoms with Gasteiger partial charge in [0.2, 0.25) is 5.91 Å². The molecule has 158 valence electrons. The molecule has 0 aliphatic carbocycles. The highest BCUT2D eigenvalue weighted by Crippen LogP contribution is 2.22. The second-order valence-electron chi connectivity index (χ2n) is 6.26. The molecule has 28 heavy (non-hydrogen) atoms. The first-order valence-corrected chi connectivity index (χ1v) is 8.84. The van der Waals surface area contributed by atoms with Gasteiger partial charge in [-0.2, -0.15) is 13.2 Å². The van der Waals surface area contributed by atoms with Gasteiger partial charge in [-0.1, -0.05) is 25.1 Å². The molecule has 0 bridgehead atoms. The van der Waals surface area contributed by atoms with Gasteiger partial charge in [-0.05, 0) is 12.5 Å². The minimum Gasteiger partial charge on any atom is -0.484 e. The highest BCUT2D eigenvalue weighted by molar-refractivity contribution is 14.0. The zero-order valence-corrected chi connectivity index (χ0v) is 18.2. The zero-order chi connectivity index (χ0) is 19.9. The molecule has 2 rings (SSSR count). The normalized spacial score (nSPS) is 17.1. The summed E-state index contributed by atoms with van der Waals surface area (Å²) in [6.07, 6.45) is -3.09. The number of likely N-dealkylation sites (tertiary alicyclic amines) is 1. The summed E-state index contributed by atoms with van der Waals surface area (Å²) >= 11 is 0. The first-order valence-electron chi connectivity index (χ1n) is 8.84. The fourth-order valence-electron chi connectivity index (χ4n) is 2.85. The lowest BCUT2D eigenvalue weighted by Crippen LogP contribution is -2.44. The maximum Gasteiger partial charge on any atom is 0.422 e. The second kappa shape index (κ2) is 11.3. The number of amides is 1. The van der Waals surface area contributed by atoms with Crippen molar-refractivity contribution < 1.29 is 22.7 Å². The van der Waals surface area contributed by atoms with Gasteiger partial charge in [0, 0.05) is 44.7 Å².